The van der Waals surface area contributed by atoms with Crippen molar-refractivity contribution in [1.29, 1.82) is 0 Å². The van der Waals surface area contributed by atoms with Crippen molar-refractivity contribution in [3.63, 3.8) is 0 Å². The predicted octanol–water partition coefficient (Wildman–Crippen LogP) is 3.77. The van der Waals surface area contributed by atoms with Crippen LogP contribution in [0.5, 0.6) is 0 Å². The van der Waals surface area contributed by atoms with Crippen LogP contribution in [-0.4, -0.2) is 21.9 Å². The highest BCUT2D eigenvalue weighted by Crippen LogP contribution is 2.27. The number of amidine groups is 1. The molecule has 1 aliphatic heterocycles. The van der Waals surface area contributed by atoms with Gasteiger partial charge >= 0.3 is 0 Å². The zero-order valence-corrected chi connectivity index (χ0v) is 11.9. The van der Waals surface area contributed by atoms with Gasteiger partial charge < -0.3 is 5.32 Å². The summed E-state index contributed by atoms with van der Waals surface area (Å²) in [5, 5.41) is 5.60. The minimum Gasteiger partial charge on any atom is -0.334 e. The summed E-state index contributed by atoms with van der Waals surface area (Å²) < 4.78 is 0. The highest BCUT2D eigenvalue weighted by Gasteiger charge is 2.21. The first-order chi connectivity index (χ1) is 9.24. The second kappa shape index (κ2) is 5.21. The molecule has 19 heavy (non-hydrogen) atoms. The number of nitrogens with zero attached hydrogens (tertiary/aromatic N) is 2. The molecule has 0 amide bonds. The zero-order valence-electron chi connectivity index (χ0n) is 11.1. The molecule has 1 aliphatic rings. The molecule has 4 heteroatoms. The highest BCUT2D eigenvalue weighted by molar-refractivity contribution is 8.14. The minimum absolute atomic E-state index is 0.431. The number of nitrogens with one attached hydrogen (secondary N) is 1. The van der Waals surface area contributed by atoms with Crippen LogP contribution in [-0.2, 0) is 0 Å². The van der Waals surface area contributed by atoms with Gasteiger partial charge in [-0.1, -0.05) is 31.7 Å². The Labute approximate surface area is 117 Å². The fourth-order valence-electron chi connectivity index (χ4n) is 2.13. The first-order valence-corrected chi connectivity index (χ1v) is 7.54. The lowest BCUT2D eigenvalue weighted by molar-refractivity contribution is 0.543. The van der Waals surface area contributed by atoms with Gasteiger partial charge in [0.05, 0.1) is 11.6 Å². The van der Waals surface area contributed by atoms with E-state index in [2.05, 4.69) is 36.3 Å². The van der Waals surface area contributed by atoms with Crippen molar-refractivity contribution >= 4 is 33.5 Å². The summed E-state index contributed by atoms with van der Waals surface area (Å²) in [7, 11) is 0. The van der Waals surface area contributed by atoms with Crippen molar-refractivity contribution in [3.8, 4) is 0 Å². The summed E-state index contributed by atoms with van der Waals surface area (Å²) in [6, 6.07) is 10.6. The van der Waals surface area contributed by atoms with Gasteiger partial charge in [0.15, 0.2) is 5.17 Å². The van der Waals surface area contributed by atoms with Gasteiger partial charge in [-0.15, -0.1) is 0 Å². The van der Waals surface area contributed by atoms with Crippen LogP contribution in [0.2, 0.25) is 0 Å². The van der Waals surface area contributed by atoms with E-state index < -0.39 is 0 Å². The summed E-state index contributed by atoms with van der Waals surface area (Å²) in [4.78, 5) is 9.11. The Hall–Kier alpha value is -1.55. The van der Waals surface area contributed by atoms with Gasteiger partial charge in [-0.3, -0.25) is 9.98 Å². The third-order valence-corrected chi connectivity index (χ3v) is 4.32. The number of hydrogen-bond acceptors (Lipinski definition) is 4. The van der Waals surface area contributed by atoms with Crippen molar-refractivity contribution < 1.29 is 0 Å². The largest absolute Gasteiger partial charge is 0.334 e. The summed E-state index contributed by atoms with van der Waals surface area (Å²) in [6.45, 7) is 4.44. The average molecular weight is 271 g/mol. The molecule has 1 aromatic carbocycles. The lowest BCUT2D eigenvalue weighted by Gasteiger charge is -2.09. The topological polar surface area (TPSA) is 37.3 Å². The van der Waals surface area contributed by atoms with E-state index in [1.165, 1.54) is 0 Å². The summed E-state index contributed by atoms with van der Waals surface area (Å²) in [5.41, 5.74) is 2.10. The van der Waals surface area contributed by atoms with Crippen molar-refractivity contribution in [1.82, 2.24) is 4.98 Å². The number of benzene rings is 1. The van der Waals surface area contributed by atoms with E-state index in [9.17, 15) is 0 Å². The first-order valence-electron chi connectivity index (χ1n) is 6.55. The molecule has 1 atom stereocenters. The highest BCUT2D eigenvalue weighted by atomic mass is 32.2. The second-order valence-electron chi connectivity index (χ2n) is 5.06. The van der Waals surface area contributed by atoms with E-state index in [1.807, 2.05) is 24.4 Å². The van der Waals surface area contributed by atoms with Gasteiger partial charge in [0.2, 0.25) is 0 Å². The average Bonchev–Trinajstić information content (AvgIpc) is 2.88. The van der Waals surface area contributed by atoms with Crippen molar-refractivity contribution in [2.24, 2.45) is 10.9 Å². The van der Waals surface area contributed by atoms with Gasteiger partial charge in [-0.2, -0.15) is 0 Å². The molecule has 0 spiro atoms. The molecule has 0 bridgehead atoms. The fraction of sp³-hybridized carbons (Fsp3) is 0.333. The molecule has 0 saturated carbocycles. The van der Waals surface area contributed by atoms with Crippen LogP contribution >= 0.6 is 11.8 Å². The van der Waals surface area contributed by atoms with E-state index in [1.54, 1.807) is 11.8 Å². The Kier molecular flexibility index (Phi) is 3.42. The maximum atomic E-state index is 4.74. The Bertz CT molecular complexity index is 616. The molecule has 2 heterocycles. The zero-order chi connectivity index (χ0) is 13.2. The molecule has 2 aromatic rings. The van der Waals surface area contributed by atoms with Gasteiger partial charge in [0, 0.05) is 23.0 Å². The Morgan fingerprint density at radius 2 is 2.16 bits per heavy atom. The molecule has 1 aromatic heterocycles. The van der Waals surface area contributed by atoms with Crippen LogP contribution in [0, 0.1) is 5.92 Å². The quantitative estimate of drug-likeness (QED) is 0.903. The van der Waals surface area contributed by atoms with Crippen molar-refractivity contribution in [2.75, 3.05) is 11.1 Å². The molecule has 0 fully saturated rings. The van der Waals surface area contributed by atoms with Gasteiger partial charge in [-0.25, -0.2) is 0 Å². The SMILES string of the molecule is CC(C)C1CSC(Nc2cccc3ncccc23)=N1. The van der Waals surface area contributed by atoms with Crippen LogP contribution in [0.3, 0.4) is 0 Å². The standard InChI is InChI=1S/C15H17N3S/c1-10(2)14-9-19-15(18-14)17-13-7-3-6-12-11(13)5-4-8-16-12/h3-8,10,14H,9H2,1-2H3,(H,17,18). The maximum Gasteiger partial charge on any atom is 0.161 e. The van der Waals surface area contributed by atoms with E-state index >= 15 is 0 Å². The third-order valence-electron chi connectivity index (χ3n) is 3.33. The van der Waals surface area contributed by atoms with Crippen LogP contribution in [0.25, 0.3) is 10.9 Å². The van der Waals surface area contributed by atoms with E-state index in [0.717, 1.165) is 27.5 Å². The number of rotatable bonds is 2. The molecular formula is C15H17N3S. The summed E-state index contributed by atoms with van der Waals surface area (Å²) in [5.74, 6) is 1.67. The fourth-order valence-corrected chi connectivity index (χ4v) is 3.31. The molecule has 0 radical (unpaired) electrons. The first kappa shape index (κ1) is 12.5. The van der Waals surface area contributed by atoms with Gasteiger partial charge in [-0.05, 0) is 30.2 Å². The Morgan fingerprint density at radius 1 is 1.26 bits per heavy atom. The van der Waals surface area contributed by atoms with E-state index in [0.29, 0.717) is 12.0 Å². The number of hydrogen-bond donors (Lipinski definition) is 1. The smallest absolute Gasteiger partial charge is 0.161 e. The summed E-state index contributed by atoms with van der Waals surface area (Å²) in [6.07, 6.45) is 1.82. The molecule has 1 unspecified atom stereocenters. The van der Waals surface area contributed by atoms with Gasteiger partial charge in [0.1, 0.15) is 0 Å². The van der Waals surface area contributed by atoms with Crippen LogP contribution in [0.1, 0.15) is 13.8 Å². The molecule has 0 aliphatic carbocycles. The Morgan fingerprint density at radius 3 is 2.95 bits per heavy atom. The second-order valence-corrected chi connectivity index (χ2v) is 6.07. The lowest BCUT2D eigenvalue weighted by Crippen LogP contribution is -2.12. The Balaban J connectivity index is 1.88. The number of thioether (sulfide) groups is 1. The van der Waals surface area contributed by atoms with Crippen LogP contribution < -0.4 is 5.32 Å². The van der Waals surface area contributed by atoms with Gasteiger partial charge in [0.25, 0.3) is 0 Å². The molecular weight excluding hydrogens is 254 g/mol. The normalized spacial score (nSPS) is 18.9. The molecule has 3 nitrogen and oxygen atoms in total. The van der Waals surface area contributed by atoms with Crippen LogP contribution in [0.15, 0.2) is 41.5 Å². The minimum atomic E-state index is 0.431. The number of aliphatic imine (C=N–C) groups is 1. The predicted molar refractivity (Wildman–Crippen MR) is 83.9 cm³/mol. The molecule has 1 N–H and O–H groups in total. The lowest BCUT2D eigenvalue weighted by atomic mass is 10.1. The summed E-state index contributed by atoms with van der Waals surface area (Å²) >= 11 is 1.80. The molecule has 98 valence electrons. The van der Waals surface area contributed by atoms with Crippen molar-refractivity contribution in [3.05, 3.63) is 36.5 Å². The monoisotopic (exact) mass is 271 g/mol. The number of anilines is 1. The number of aromatic nitrogens is 1. The number of pyridine rings is 1. The third kappa shape index (κ3) is 2.59. The van der Waals surface area contributed by atoms with Crippen LogP contribution in [0.4, 0.5) is 5.69 Å². The number of fused-ring (bicyclic) bond motifs is 1. The van der Waals surface area contributed by atoms with Crippen molar-refractivity contribution in [2.45, 2.75) is 19.9 Å². The molecule has 0 saturated heterocycles. The maximum absolute atomic E-state index is 4.74. The molecule has 3 rings (SSSR count). The van der Waals surface area contributed by atoms with E-state index in [-0.39, 0.29) is 0 Å². The van der Waals surface area contributed by atoms with E-state index in [4.69, 9.17) is 4.99 Å².